The second-order valence-electron chi connectivity index (χ2n) is 6.71. The van der Waals surface area contributed by atoms with Crippen molar-refractivity contribution in [3.05, 3.63) is 36.8 Å². The van der Waals surface area contributed by atoms with Crippen molar-refractivity contribution in [3.8, 4) is 11.3 Å². The highest BCUT2D eigenvalue weighted by atomic mass is 16.5. The van der Waals surface area contributed by atoms with Gasteiger partial charge in [-0.2, -0.15) is 0 Å². The van der Waals surface area contributed by atoms with Gasteiger partial charge >= 0.3 is 0 Å². The average Bonchev–Trinajstić information content (AvgIpc) is 2.75. The summed E-state index contributed by atoms with van der Waals surface area (Å²) >= 11 is 0. The van der Waals surface area contributed by atoms with Crippen LogP contribution >= 0.6 is 0 Å². The van der Waals surface area contributed by atoms with E-state index in [4.69, 9.17) is 9.72 Å². The number of ether oxygens (including phenoxy) is 1. The molecule has 0 radical (unpaired) electrons. The standard InChI is InChI=1S/C19H23N5O2/c25-18(23-9-11-26-12-10-23)16-4-2-8-24(14-16)19-21-7-5-17(22-19)15-3-1-6-20-13-15/h1,3,5-7,13,16H,2,4,8-12,14H2/t16-/m1/s1. The van der Waals surface area contributed by atoms with Gasteiger partial charge in [-0.3, -0.25) is 9.78 Å². The SMILES string of the molecule is O=C([C@@H]1CCCN(c2nccc(-c3cccnc3)n2)C1)N1CCOCC1. The zero-order chi connectivity index (χ0) is 17.8. The number of rotatable bonds is 3. The molecule has 0 aromatic carbocycles. The van der Waals surface area contributed by atoms with Gasteiger partial charge in [-0.05, 0) is 31.0 Å². The zero-order valence-corrected chi connectivity index (χ0v) is 14.8. The topological polar surface area (TPSA) is 71.5 Å². The highest BCUT2D eigenvalue weighted by molar-refractivity contribution is 5.79. The molecule has 0 saturated carbocycles. The molecule has 0 spiro atoms. The molecule has 4 heterocycles. The summed E-state index contributed by atoms with van der Waals surface area (Å²) in [7, 11) is 0. The van der Waals surface area contributed by atoms with Crippen LogP contribution in [-0.2, 0) is 9.53 Å². The third-order valence-corrected chi connectivity index (χ3v) is 4.98. The zero-order valence-electron chi connectivity index (χ0n) is 14.8. The molecule has 136 valence electrons. The van der Waals surface area contributed by atoms with Crippen molar-refractivity contribution >= 4 is 11.9 Å². The van der Waals surface area contributed by atoms with Gasteiger partial charge in [0, 0.05) is 50.3 Å². The van der Waals surface area contributed by atoms with Crippen molar-refractivity contribution in [2.24, 2.45) is 5.92 Å². The van der Waals surface area contributed by atoms with Gasteiger partial charge in [0.15, 0.2) is 0 Å². The molecule has 0 N–H and O–H groups in total. The predicted molar refractivity (Wildman–Crippen MR) is 97.6 cm³/mol. The fourth-order valence-corrected chi connectivity index (χ4v) is 3.58. The fraction of sp³-hybridized carbons (Fsp3) is 0.474. The average molecular weight is 353 g/mol. The Morgan fingerprint density at radius 1 is 1.15 bits per heavy atom. The maximum absolute atomic E-state index is 12.8. The van der Waals surface area contributed by atoms with E-state index in [2.05, 4.69) is 14.9 Å². The van der Waals surface area contributed by atoms with E-state index in [0.717, 1.165) is 30.6 Å². The Hall–Kier alpha value is -2.54. The summed E-state index contributed by atoms with van der Waals surface area (Å²) < 4.78 is 5.35. The van der Waals surface area contributed by atoms with Gasteiger partial charge in [0.05, 0.1) is 24.8 Å². The Kier molecular flexibility index (Phi) is 5.06. The lowest BCUT2D eigenvalue weighted by Crippen LogP contribution is -2.48. The van der Waals surface area contributed by atoms with Crippen molar-refractivity contribution < 1.29 is 9.53 Å². The van der Waals surface area contributed by atoms with Crippen molar-refractivity contribution in [1.82, 2.24) is 19.9 Å². The van der Waals surface area contributed by atoms with Crippen LogP contribution in [0, 0.1) is 5.92 Å². The molecule has 4 rings (SSSR count). The molecule has 2 aromatic rings. The molecular formula is C19H23N5O2. The molecule has 1 amide bonds. The molecule has 0 bridgehead atoms. The van der Waals surface area contributed by atoms with Crippen LogP contribution in [0.15, 0.2) is 36.8 Å². The van der Waals surface area contributed by atoms with E-state index in [1.165, 1.54) is 0 Å². The molecule has 2 saturated heterocycles. The highest BCUT2D eigenvalue weighted by Gasteiger charge is 2.31. The van der Waals surface area contributed by atoms with Crippen LogP contribution in [0.4, 0.5) is 5.95 Å². The fourth-order valence-electron chi connectivity index (χ4n) is 3.58. The smallest absolute Gasteiger partial charge is 0.227 e. The van der Waals surface area contributed by atoms with E-state index in [-0.39, 0.29) is 11.8 Å². The minimum atomic E-state index is 0.00694. The largest absolute Gasteiger partial charge is 0.378 e. The van der Waals surface area contributed by atoms with Gasteiger partial charge in [0.2, 0.25) is 11.9 Å². The highest BCUT2D eigenvalue weighted by Crippen LogP contribution is 2.24. The molecule has 26 heavy (non-hydrogen) atoms. The number of anilines is 1. The molecule has 7 heteroatoms. The van der Waals surface area contributed by atoms with Gasteiger partial charge in [-0.15, -0.1) is 0 Å². The summed E-state index contributed by atoms with van der Waals surface area (Å²) in [5.41, 5.74) is 1.82. The van der Waals surface area contributed by atoms with E-state index in [9.17, 15) is 4.79 Å². The molecule has 0 unspecified atom stereocenters. The number of hydrogen-bond acceptors (Lipinski definition) is 6. The third kappa shape index (κ3) is 3.67. The van der Waals surface area contributed by atoms with E-state index in [0.29, 0.717) is 38.8 Å². The summed E-state index contributed by atoms with van der Waals surface area (Å²) in [5.74, 6) is 0.930. The van der Waals surface area contributed by atoms with E-state index >= 15 is 0 Å². The number of carbonyl (C=O) groups is 1. The normalized spacial score (nSPS) is 20.8. The number of nitrogens with zero attached hydrogens (tertiary/aromatic N) is 5. The predicted octanol–water partition coefficient (Wildman–Crippen LogP) is 1.61. The molecule has 2 aliphatic heterocycles. The number of carbonyl (C=O) groups excluding carboxylic acids is 1. The maximum Gasteiger partial charge on any atom is 0.227 e. The lowest BCUT2D eigenvalue weighted by molar-refractivity contribution is -0.139. The van der Waals surface area contributed by atoms with Gasteiger partial charge < -0.3 is 14.5 Å². The number of morpholine rings is 1. The van der Waals surface area contributed by atoms with Crippen molar-refractivity contribution in [3.63, 3.8) is 0 Å². The summed E-state index contributed by atoms with van der Waals surface area (Å²) in [6, 6.07) is 5.77. The van der Waals surface area contributed by atoms with Crippen molar-refractivity contribution in [2.75, 3.05) is 44.3 Å². The Morgan fingerprint density at radius 3 is 2.85 bits per heavy atom. The van der Waals surface area contributed by atoms with Crippen molar-refractivity contribution in [2.45, 2.75) is 12.8 Å². The second kappa shape index (κ2) is 7.78. The van der Waals surface area contributed by atoms with Crippen LogP contribution < -0.4 is 4.90 Å². The first kappa shape index (κ1) is 16.9. The number of piperidine rings is 1. The number of pyridine rings is 1. The van der Waals surface area contributed by atoms with E-state index in [1.807, 2.05) is 23.1 Å². The van der Waals surface area contributed by atoms with Gasteiger partial charge in [0.1, 0.15) is 0 Å². The summed E-state index contributed by atoms with van der Waals surface area (Å²) in [4.78, 5) is 30.2. The van der Waals surface area contributed by atoms with Gasteiger partial charge in [-0.25, -0.2) is 9.97 Å². The molecule has 2 fully saturated rings. The summed E-state index contributed by atoms with van der Waals surface area (Å²) in [6.45, 7) is 4.22. The third-order valence-electron chi connectivity index (χ3n) is 4.98. The van der Waals surface area contributed by atoms with Gasteiger partial charge in [0.25, 0.3) is 0 Å². The lowest BCUT2D eigenvalue weighted by atomic mass is 9.96. The molecule has 7 nitrogen and oxygen atoms in total. The monoisotopic (exact) mass is 353 g/mol. The van der Waals surface area contributed by atoms with Crippen LogP contribution in [0.5, 0.6) is 0 Å². The van der Waals surface area contributed by atoms with Crippen LogP contribution in [0.25, 0.3) is 11.3 Å². The molecular weight excluding hydrogens is 330 g/mol. The Labute approximate surface area is 153 Å². The summed E-state index contributed by atoms with van der Waals surface area (Å²) in [6.07, 6.45) is 7.22. The van der Waals surface area contributed by atoms with Crippen LogP contribution in [0.2, 0.25) is 0 Å². The van der Waals surface area contributed by atoms with Gasteiger partial charge in [-0.1, -0.05) is 0 Å². The van der Waals surface area contributed by atoms with Crippen molar-refractivity contribution in [1.29, 1.82) is 0 Å². The quantitative estimate of drug-likeness (QED) is 0.835. The maximum atomic E-state index is 12.8. The number of aromatic nitrogens is 3. The van der Waals surface area contributed by atoms with Crippen LogP contribution in [-0.4, -0.2) is 65.2 Å². The van der Waals surface area contributed by atoms with Crippen LogP contribution in [0.1, 0.15) is 12.8 Å². The molecule has 2 aliphatic rings. The molecule has 2 aromatic heterocycles. The second-order valence-corrected chi connectivity index (χ2v) is 6.71. The first-order chi connectivity index (χ1) is 12.8. The number of amides is 1. The Morgan fingerprint density at radius 2 is 2.04 bits per heavy atom. The molecule has 0 aliphatic carbocycles. The minimum absolute atomic E-state index is 0.00694. The Balaban J connectivity index is 1.48. The van der Waals surface area contributed by atoms with E-state index < -0.39 is 0 Å². The van der Waals surface area contributed by atoms with Crippen LogP contribution in [0.3, 0.4) is 0 Å². The van der Waals surface area contributed by atoms with E-state index in [1.54, 1.807) is 18.6 Å². The Bertz CT molecular complexity index is 749. The number of hydrogen-bond donors (Lipinski definition) is 0. The lowest BCUT2D eigenvalue weighted by Gasteiger charge is -2.36. The minimum Gasteiger partial charge on any atom is -0.378 e. The summed E-state index contributed by atoms with van der Waals surface area (Å²) in [5, 5.41) is 0. The first-order valence-electron chi connectivity index (χ1n) is 9.16. The first-order valence-corrected chi connectivity index (χ1v) is 9.16. The molecule has 1 atom stereocenters.